The Hall–Kier alpha value is -0.620. The highest BCUT2D eigenvalue weighted by atomic mass is 79.9. The molecule has 14 heavy (non-hydrogen) atoms. The zero-order valence-electron chi connectivity index (χ0n) is 6.98. The molecule has 0 aromatic carbocycles. The van der Waals surface area contributed by atoms with Gasteiger partial charge in [0.1, 0.15) is 11.5 Å². The second kappa shape index (κ2) is 4.75. The van der Waals surface area contributed by atoms with Crippen LogP contribution in [0.15, 0.2) is 6.07 Å². The second-order valence-electron chi connectivity index (χ2n) is 2.55. The first-order valence-electron chi connectivity index (χ1n) is 3.73. The number of aliphatic hydroxyl groups is 1. The Morgan fingerprint density at radius 3 is 2.57 bits per heavy atom. The van der Waals surface area contributed by atoms with Crippen LogP contribution in [0, 0.1) is 5.82 Å². The minimum Gasteiger partial charge on any atom is -0.391 e. The van der Waals surface area contributed by atoms with Crippen molar-refractivity contribution < 1.29 is 18.3 Å². The number of nitrogens with zero attached hydrogens (tertiary/aromatic N) is 1. The predicted molar refractivity (Wildman–Crippen MR) is 47.7 cm³/mol. The molecule has 0 bridgehead atoms. The highest BCUT2D eigenvalue weighted by Gasteiger charge is 2.16. The first-order chi connectivity index (χ1) is 6.60. The summed E-state index contributed by atoms with van der Waals surface area (Å²) in [5.74, 6) is -0.854. The SMILES string of the molecule is OCc1c(F)cc(C(F)F)nc1CBr. The molecule has 0 amide bonds. The predicted octanol–water partition coefficient (Wildman–Crippen LogP) is 2.55. The largest absolute Gasteiger partial charge is 0.391 e. The van der Waals surface area contributed by atoms with Crippen LogP contribution in [0.1, 0.15) is 23.4 Å². The van der Waals surface area contributed by atoms with E-state index in [-0.39, 0.29) is 16.6 Å². The number of alkyl halides is 3. The van der Waals surface area contributed by atoms with Gasteiger partial charge in [-0.2, -0.15) is 0 Å². The first-order valence-corrected chi connectivity index (χ1v) is 4.85. The normalized spacial score (nSPS) is 11.0. The van der Waals surface area contributed by atoms with Crippen LogP contribution in [-0.4, -0.2) is 10.1 Å². The summed E-state index contributed by atoms with van der Waals surface area (Å²) in [5, 5.41) is 8.90. The van der Waals surface area contributed by atoms with E-state index in [4.69, 9.17) is 5.11 Å². The lowest BCUT2D eigenvalue weighted by Gasteiger charge is -2.07. The average molecular weight is 270 g/mol. The number of aromatic nitrogens is 1. The Kier molecular flexibility index (Phi) is 3.88. The Labute approximate surface area is 86.9 Å². The lowest BCUT2D eigenvalue weighted by molar-refractivity contribution is 0.145. The zero-order valence-corrected chi connectivity index (χ0v) is 8.56. The smallest absolute Gasteiger partial charge is 0.280 e. The van der Waals surface area contributed by atoms with Crippen molar-refractivity contribution in [1.29, 1.82) is 0 Å². The third-order valence-corrected chi connectivity index (χ3v) is 2.21. The molecule has 0 aliphatic heterocycles. The van der Waals surface area contributed by atoms with Gasteiger partial charge in [0.2, 0.25) is 0 Å². The summed E-state index contributed by atoms with van der Waals surface area (Å²) in [6, 6.07) is 0.641. The molecule has 0 aliphatic carbocycles. The van der Waals surface area contributed by atoms with Gasteiger partial charge in [0, 0.05) is 17.0 Å². The third kappa shape index (κ3) is 2.24. The third-order valence-electron chi connectivity index (χ3n) is 1.68. The second-order valence-corrected chi connectivity index (χ2v) is 3.11. The van der Waals surface area contributed by atoms with Crippen molar-refractivity contribution in [3.05, 3.63) is 28.8 Å². The maximum Gasteiger partial charge on any atom is 0.280 e. The molecule has 1 aromatic heterocycles. The molecule has 1 rings (SSSR count). The van der Waals surface area contributed by atoms with Crippen molar-refractivity contribution in [3.8, 4) is 0 Å². The summed E-state index contributed by atoms with van der Waals surface area (Å²) in [5.41, 5.74) is -0.566. The highest BCUT2D eigenvalue weighted by molar-refractivity contribution is 9.08. The molecule has 0 spiro atoms. The summed E-state index contributed by atoms with van der Waals surface area (Å²) in [4.78, 5) is 3.53. The molecule has 1 N–H and O–H groups in total. The van der Waals surface area contributed by atoms with Crippen molar-refractivity contribution >= 4 is 15.9 Å². The van der Waals surface area contributed by atoms with Crippen LogP contribution in [0.3, 0.4) is 0 Å². The van der Waals surface area contributed by atoms with Gasteiger partial charge in [0.05, 0.1) is 12.3 Å². The molecule has 0 radical (unpaired) electrons. The molecule has 6 heteroatoms. The fraction of sp³-hybridized carbons (Fsp3) is 0.375. The molecular formula is C8H7BrF3NO. The fourth-order valence-corrected chi connectivity index (χ4v) is 1.46. The van der Waals surface area contributed by atoms with Gasteiger partial charge in [-0.3, -0.25) is 4.98 Å². The van der Waals surface area contributed by atoms with E-state index in [1.807, 2.05) is 0 Å². The van der Waals surface area contributed by atoms with Gasteiger partial charge in [0.15, 0.2) is 0 Å². The van der Waals surface area contributed by atoms with Crippen molar-refractivity contribution in [3.63, 3.8) is 0 Å². The monoisotopic (exact) mass is 269 g/mol. The molecular weight excluding hydrogens is 263 g/mol. The number of hydrogen-bond acceptors (Lipinski definition) is 2. The van der Waals surface area contributed by atoms with Gasteiger partial charge >= 0.3 is 0 Å². The van der Waals surface area contributed by atoms with E-state index in [1.165, 1.54) is 0 Å². The maximum absolute atomic E-state index is 13.1. The highest BCUT2D eigenvalue weighted by Crippen LogP contribution is 2.22. The molecule has 78 valence electrons. The summed E-state index contributed by atoms with van der Waals surface area (Å²) in [7, 11) is 0. The molecule has 1 heterocycles. The van der Waals surface area contributed by atoms with Crippen molar-refractivity contribution in [2.45, 2.75) is 18.4 Å². The Morgan fingerprint density at radius 1 is 1.50 bits per heavy atom. The van der Waals surface area contributed by atoms with Gasteiger partial charge in [0.25, 0.3) is 6.43 Å². The number of aliphatic hydroxyl groups excluding tert-OH is 1. The van der Waals surface area contributed by atoms with Gasteiger partial charge in [-0.15, -0.1) is 0 Å². The van der Waals surface area contributed by atoms with E-state index in [9.17, 15) is 13.2 Å². The molecule has 0 fully saturated rings. The van der Waals surface area contributed by atoms with Crippen LogP contribution < -0.4 is 0 Å². The lowest BCUT2D eigenvalue weighted by Crippen LogP contribution is -2.03. The summed E-state index contributed by atoms with van der Waals surface area (Å²) < 4.78 is 37.5. The summed E-state index contributed by atoms with van der Waals surface area (Å²) >= 11 is 2.98. The van der Waals surface area contributed by atoms with Crippen LogP contribution in [-0.2, 0) is 11.9 Å². The minimum atomic E-state index is -2.81. The van der Waals surface area contributed by atoms with E-state index in [2.05, 4.69) is 20.9 Å². The average Bonchev–Trinajstić information content (AvgIpc) is 2.16. The zero-order chi connectivity index (χ0) is 10.7. The van der Waals surface area contributed by atoms with Crippen LogP contribution in [0.25, 0.3) is 0 Å². The molecule has 0 saturated heterocycles. The number of pyridine rings is 1. The van der Waals surface area contributed by atoms with Crippen LogP contribution in [0.5, 0.6) is 0 Å². The molecule has 1 aromatic rings. The Bertz CT molecular complexity index is 333. The van der Waals surface area contributed by atoms with Gasteiger partial charge < -0.3 is 5.11 Å². The van der Waals surface area contributed by atoms with Crippen molar-refractivity contribution in [2.24, 2.45) is 0 Å². The topological polar surface area (TPSA) is 33.1 Å². The molecule has 2 nitrogen and oxygen atoms in total. The molecule has 0 atom stereocenters. The fourth-order valence-electron chi connectivity index (χ4n) is 0.999. The minimum absolute atomic E-state index is 0.0497. The number of rotatable bonds is 3. The van der Waals surface area contributed by atoms with E-state index in [0.717, 1.165) is 0 Å². The summed E-state index contributed by atoms with van der Waals surface area (Å²) in [6.07, 6.45) is -2.81. The maximum atomic E-state index is 13.1. The Balaban J connectivity index is 3.24. The summed E-state index contributed by atoms with van der Waals surface area (Å²) in [6.45, 7) is -0.552. The van der Waals surface area contributed by atoms with Gasteiger partial charge in [-0.1, -0.05) is 15.9 Å². The van der Waals surface area contributed by atoms with Crippen molar-refractivity contribution in [1.82, 2.24) is 4.98 Å². The Morgan fingerprint density at radius 2 is 2.14 bits per heavy atom. The van der Waals surface area contributed by atoms with Crippen LogP contribution in [0.2, 0.25) is 0 Å². The number of halogens is 4. The quantitative estimate of drug-likeness (QED) is 0.856. The van der Waals surface area contributed by atoms with Crippen molar-refractivity contribution in [2.75, 3.05) is 0 Å². The molecule has 0 saturated carbocycles. The van der Waals surface area contributed by atoms with E-state index < -0.39 is 24.5 Å². The van der Waals surface area contributed by atoms with E-state index >= 15 is 0 Å². The molecule has 0 unspecified atom stereocenters. The molecule has 0 aliphatic rings. The van der Waals surface area contributed by atoms with Gasteiger partial charge in [-0.25, -0.2) is 13.2 Å². The van der Waals surface area contributed by atoms with Crippen LogP contribution in [0.4, 0.5) is 13.2 Å². The number of hydrogen-bond donors (Lipinski definition) is 1. The van der Waals surface area contributed by atoms with E-state index in [0.29, 0.717) is 6.07 Å². The van der Waals surface area contributed by atoms with Crippen LogP contribution >= 0.6 is 15.9 Å². The first kappa shape index (κ1) is 11.5. The van der Waals surface area contributed by atoms with Gasteiger partial charge in [-0.05, 0) is 0 Å². The standard InChI is InChI=1S/C8H7BrF3NO/c9-2-7-4(3-14)5(10)1-6(13-7)8(11)12/h1,8,14H,2-3H2. The van der Waals surface area contributed by atoms with E-state index in [1.54, 1.807) is 0 Å². The lowest BCUT2D eigenvalue weighted by atomic mass is 10.2.